The van der Waals surface area contributed by atoms with Gasteiger partial charge in [-0.15, -0.1) is 0 Å². The fourth-order valence-corrected chi connectivity index (χ4v) is 3.69. The maximum absolute atomic E-state index is 12.3. The Morgan fingerprint density at radius 1 is 1.12 bits per heavy atom. The molecule has 5 heteroatoms. The topological polar surface area (TPSA) is 69.6 Å². The molecule has 4 rings (SSSR count). The second-order valence-electron chi connectivity index (χ2n) is 6.52. The number of aliphatic imine (C=N–C) groups is 1. The molecule has 128 valence electrons. The van der Waals surface area contributed by atoms with E-state index >= 15 is 0 Å². The Bertz CT molecular complexity index is 977. The third-order valence-corrected chi connectivity index (χ3v) is 4.79. The van der Waals surface area contributed by atoms with Crippen molar-refractivity contribution in [3.63, 3.8) is 0 Å². The molecule has 2 N–H and O–H groups in total. The molecule has 0 spiro atoms. The van der Waals surface area contributed by atoms with Crippen molar-refractivity contribution in [2.45, 2.75) is 25.8 Å². The third-order valence-electron chi connectivity index (χ3n) is 4.79. The molecule has 2 aromatic carbocycles. The predicted octanol–water partition coefficient (Wildman–Crippen LogP) is 3.66. The average Bonchev–Trinajstić information content (AvgIpc) is 2.95. The second-order valence-corrected chi connectivity index (χ2v) is 6.52. The molecule has 2 heterocycles. The molecular weight excluding hydrogens is 314 g/mol. The minimum Gasteiger partial charge on any atom is -0.387 e. The van der Waals surface area contributed by atoms with Gasteiger partial charge in [-0.25, -0.2) is 0 Å². The number of aromatic nitrogens is 1. The maximum Gasteiger partial charge on any atom is 0.278 e. The zero-order valence-electron chi connectivity index (χ0n) is 14.2. The van der Waals surface area contributed by atoms with E-state index in [-0.39, 0.29) is 11.7 Å². The van der Waals surface area contributed by atoms with Gasteiger partial charge in [-0.05, 0) is 38.0 Å². The second kappa shape index (κ2) is 6.33. The van der Waals surface area contributed by atoms with Crippen molar-refractivity contribution in [2.75, 3.05) is 13.2 Å². The molecular formula is C20H21N3O2. The summed E-state index contributed by atoms with van der Waals surface area (Å²) in [7, 11) is 0. The molecule has 1 aliphatic heterocycles. The summed E-state index contributed by atoms with van der Waals surface area (Å²) in [6, 6.07) is 14.6. The highest BCUT2D eigenvalue weighted by molar-refractivity contribution is 6.11. The molecule has 0 saturated carbocycles. The smallest absolute Gasteiger partial charge is 0.278 e. The van der Waals surface area contributed by atoms with E-state index in [2.05, 4.69) is 33.8 Å². The fourth-order valence-electron chi connectivity index (χ4n) is 3.69. The third kappa shape index (κ3) is 2.81. The van der Waals surface area contributed by atoms with Crippen molar-refractivity contribution < 1.29 is 9.53 Å². The van der Waals surface area contributed by atoms with Crippen molar-refractivity contribution >= 4 is 33.5 Å². The Kier molecular flexibility index (Phi) is 4.01. The van der Waals surface area contributed by atoms with Crippen molar-refractivity contribution in [3.8, 4) is 0 Å². The van der Waals surface area contributed by atoms with E-state index in [1.54, 1.807) is 6.92 Å². The van der Waals surface area contributed by atoms with Crippen molar-refractivity contribution in [1.29, 1.82) is 0 Å². The summed E-state index contributed by atoms with van der Waals surface area (Å²) >= 11 is 0. The highest BCUT2D eigenvalue weighted by Crippen LogP contribution is 2.35. The standard InChI is InChI=1S/C20H21N3O2/c1-13(21)22-20(24)14-6-7-17-16-4-2-3-5-18(16)23(19(17)12-14)15-8-10-25-11-9-15/h2-7,12,15H,8-11H2,1H3,(H2,21,22,24). The van der Waals surface area contributed by atoms with Crippen LogP contribution in [-0.2, 0) is 4.74 Å². The summed E-state index contributed by atoms with van der Waals surface area (Å²) in [6.45, 7) is 3.16. The number of ether oxygens (including phenoxy) is 1. The zero-order chi connectivity index (χ0) is 17.4. The molecule has 0 aliphatic carbocycles. The van der Waals surface area contributed by atoms with Gasteiger partial charge < -0.3 is 15.0 Å². The van der Waals surface area contributed by atoms with Gasteiger partial charge in [0.1, 0.15) is 5.84 Å². The van der Waals surface area contributed by atoms with E-state index in [0.29, 0.717) is 11.6 Å². The SMILES string of the molecule is CC(N)=NC(=O)c1ccc2c3ccccc3n(C3CCOCC3)c2c1. The number of amidine groups is 1. The van der Waals surface area contributed by atoms with E-state index in [1.807, 2.05) is 18.2 Å². The fraction of sp³-hybridized carbons (Fsp3) is 0.300. The van der Waals surface area contributed by atoms with Crippen LogP contribution in [0.4, 0.5) is 0 Å². The molecule has 3 aromatic rings. The normalized spacial score (nSPS) is 16.6. The van der Waals surface area contributed by atoms with Crippen LogP contribution < -0.4 is 5.73 Å². The molecule has 0 radical (unpaired) electrons. The van der Waals surface area contributed by atoms with Crippen LogP contribution in [0.5, 0.6) is 0 Å². The molecule has 25 heavy (non-hydrogen) atoms. The van der Waals surface area contributed by atoms with Gasteiger partial charge in [-0.1, -0.05) is 24.3 Å². The Morgan fingerprint density at radius 2 is 1.84 bits per heavy atom. The van der Waals surface area contributed by atoms with E-state index < -0.39 is 0 Å². The first kappa shape index (κ1) is 15.8. The maximum atomic E-state index is 12.3. The van der Waals surface area contributed by atoms with Crippen LogP contribution in [0.2, 0.25) is 0 Å². The lowest BCUT2D eigenvalue weighted by atomic mass is 10.1. The number of amides is 1. The van der Waals surface area contributed by atoms with Crippen LogP contribution in [0.25, 0.3) is 21.8 Å². The number of fused-ring (bicyclic) bond motifs is 3. The van der Waals surface area contributed by atoms with Gasteiger partial charge in [0.2, 0.25) is 0 Å². The van der Waals surface area contributed by atoms with Crippen LogP contribution in [-0.4, -0.2) is 29.5 Å². The van der Waals surface area contributed by atoms with Crippen LogP contribution in [0, 0.1) is 0 Å². The quantitative estimate of drug-likeness (QED) is 0.574. The van der Waals surface area contributed by atoms with E-state index in [0.717, 1.165) is 37.0 Å². The number of para-hydroxylation sites is 1. The van der Waals surface area contributed by atoms with Gasteiger partial charge >= 0.3 is 0 Å². The first-order valence-corrected chi connectivity index (χ1v) is 8.60. The van der Waals surface area contributed by atoms with Gasteiger partial charge in [-0.3, -0.25) is 4.79 Å². The molecule has 1 saturated heterocycles. The molecule has 0 bridgehead atoms. The molecule has 1 aromatic heterocycles. The number of hydrogen-bond donors (Lipinski definition) is 1. The monoisotopic (exact) mass is 335 g/mol. The van der Waals surface area contributed by atoms with Crippen LogP contribution >= 0.6 is 0 Å². The summed E-state index contributed by atoms with van der Waals surface area (Å²) in [5, 5.41) is 2.37. The lowest BCUT2D eigenvalue weighted by molar-refractivity contribution is 0.0717. The van der Waals surface area contributed by atoms with E-state index in [4.69, 9.17) is 10.5 Å². The van der Waals surface area contributed by atoms with Crippen LogP contribution in [0.1, 0.15) is 36.2 Å². The minimum absolute atomic E-state index is 0.273. The van der Waals surface area contributed by atoms with Crippen molar-refractivity contribution in [2.24, 2.45) is 10.7 Å². The van der Waals surface area contributed by atoms with E-state index in [1.165, 1.54) is 10.9 Å². The van der Waals surface area contributed by atoms with Crippen molar-refractivity contribution in [1.82, 2.24) is 4.57 Å². The number of carbonyl (C=O) groups is 1. The first-order chi connectivity index (χ1) is 12.1. The summed E-state index contributed by atoms with van der Waals surface area (Å²) < 4.78 is 7.89. The Labute approximate surface area is 146 Å². The molecule has 1 fully saturated rings. The largest absolute Gasteiger partial charge is 0.387 e. The Hall–Kier alpha value is -2.66. The predicted molar refractivity (Wildman–Crippen MR) is 100 cm³/mol. The highest BCUT2D eigenvalue weighted by Gasteiger charge is 2.21. The number of benzene rings is 2. The first-order valence-electron chi connectivity index (χ1n) is 8.60. The van der Waals surface area contributed by atoms with Gasteiger partial charge in [0.15, 0.2) is 0 Å². The number of nitrogens with zero attached hydrogens (tertiary/aromatic N) is 2. The van der Waals surface area contributed by atoms with E-state index in [9.17, 15) is 4.79 Å². The lowest BCUT2D eigenvalue weighted by Crippen LogP contribution is -2.19. The number of carbonyl (C=O) groups excluding carboxylic acids is 1. The van der Waals surface area contributed by atoms with Crippen LogP contribution in [0.15, 0.2) is 47.5 Å². The number of hydrogen-bond acceptors (Lipinski definition) is 2. The molecule has 0 unspecified atom stereocenters. The molecule has 0 atom stereocenters. The number of nitrogens with two attached hydrogens (primary N) is 1. The highest BCUT2D eigenvalue weighted by atomic mass is 16.5. The Morgan fingerprint density at radius 3 is 2.60 bits per heavy atom. The van der Waals surface area contributed by atoms with Gasteiger partial charge in [0.25, 0.3) is 5.91 Å². The van der Waals surface area contributed by atoms with Crippen LogP contribution in [0.3, 0.4) is 0 Å². The summed E-state index contributed by atoms with van der Waals surface area (Å²) in [5.74, 6) is -0.0271. The number of rotatable bonds is 2. The Balaban J connectivity index is 1.95. The molecule has 1 amide bonds. The van der Waals surface area contributed by atoms with Gasteiger partial charge in [0.05, 0.1) is 5.52 Å². The summed E-state index contributed by atoms with van der Waals surface area (Å²) in [5.41, 5.74) is 8.40. The summed E-state index contributed by atoms with van der Waals surface area (Å²) in [6.07, 6.45) is 1.96. The molecule has 1 aliphatic rings. The van der Waals surface area contributed by atoms with Crippen molar-refractivity contribution in [3.05, 3.63) is 48.0 Å². The minimum atomic E-state index is -0.300. The zero-order valence-corrected chi connectivity index (χ0v) is 14.2. The average molecular weight is 335 g/mol. The van der Waals surface area contributed by atoms with Gasteiger partial charge in [0, 0.05) is 41.1 Å². The van der Waals surface area contributed by atoms with Gasteiger partial charge in [-0.2, -0.15) is 4.99 Å². The summed E-state index contributed by atoms with van der Waals surface area (Å²) in [4.78, 5) is 16.2. The molecule has 5 nitrogen and oxygen atoms in total. The lowest BCUT2D eigenvalue weighted by Gasteiger charge is -2.25.